The summed E-state index contributed by atoms with van der Waals surface area (Å²) in [5.41, 5.74) is 1.51. The smallest absolute Gasteiger partial charge is 0.341 e. The minimum absolute atomic E-state index is 0.116. The van der Waals surface area contributed by atoms with E-state index in [0.717, 1.165) is 29.8 Å². The predicted molar refractivity (Wildman–Crippen MR) is 121 cm³/mol. The van der Waals surface area contributed by atoms with E-state index in [2.05, 4.69) is 5.32 Å². The summed E-state index contributed by atoms with van der Waals surface area (Å²) in [5, 5.41) is 2.70. The fourth-order valence-corrected chi connectivity index (χ4v) is 3.80. The molecule has 3 aromatic rings. The number of hydrogen-bond acceptors (Lipinski definition) is 6. The van der Waals surface area contributed by atoms with Gasteiger partial charge in [0.05, 0.1) is 23.3 Å². The highest BCUT2D eigenvalue weighted by molar-refractivity contribution is 7.91. The Balaban J connectivity index is 1.87. The second-order valence-corrected chi connectivity index (χ2v) is 9.14. The minimum atomic E-state index is -4.81. The number of benzene rings is 3. The first-order valence-corrected chi connectivity index (χ1v) is 11.5. The molecule has 0 aliphatic heterocycles. The molecule has 178 valence electrons. The monoisotopic (exact) mass is 489 g/mol. The molecule has 1 N–H and O–H groups in total. The van der Waals surface area contributed by atoms with Crippen molar-refractivity contribution in [2.45, 2.75) is 23.7 Å². The van der Waals surface area contributed by atoms with Crippen LogP contribution in [0.3, 0.4) is 0 Å². The van der Waals surface area contributed by atoms with Crippen LogP contribution in [0.15, 0.2) is 77.7 Å². The fraction of sp³-hybridized carbons (Fsp3) is 0.167. The van der Waals surface area contributed by atoms with Gasteiger partial charge in [0.25, 0.3) is 5.91 Å². The number of hydrogen-bond donors (Lipinski definition) is 1. The predicted octanol–water partition coefficient (Wildman–Crippen LogP) is 4.54. The third kappa shape index (κ3) is 5.57. The molecule has 1 atom stereocenters. The number of methoxy groups -OCH3 is 1. The summed E-state index contributed by atoms with van der Waals surface area (Å²) in [5.74, 6) is -4.77. The van der Waals surface area contributed by atoms with Gasteiger partial charge in [0, 0.05) is 5.56 Å². The molecule has 3 rings (SSSR count). The average Bonchev–Trinajstić information content (AvgIpc) is 2.83. The molecule has 34 heavy (non-hydrogen) atoms. The molecule has 1 amide bonds. The zero-order valence-electron chi connectivity index (χ0n) is 18.2. The standard InChI is InChI=1S/C24H21F2NO6S/c1-15-8-13-20(32-2)19(14-15)27-22(28)21(16-6-4-3-5-7-16)33-23(29)17-9-11-18(12-10-17)34(30,31)24(25)26/h3-14,21,24H,1-2H3,(H,27,28)/t21-/m0/s1. The van der Waals surface area contributed by atoms with Gasteiger partial charge in [-0.1, -0.05) is 36.4 Å². The van der Waals surface area contributed by atoms with Crippen molar-refractivity contribution in [1.29, 1.82) is 0 Å². The van der Waals surface area contributed by atoms with Gasteiger partial charge in [-0.25, -0.2) is 13.2 Å². The van der Waals surface area contributed by atoms with E-state index in [4.69, 9.17) is 9.47 Å². The maximum absolute atomic E-state index is 13.1. The lowest BCUT2D eigenvalue weighted by atomic mass is 10.1. The molecule has 0 fully saturated rings. The molecule has 3 aromatic carbocycles. The normalized spacial score (nSPS) is 12.1. The van der Waals surface area contributed by atoms with Crippen molar-refractivity contribution in [1.82, 2.24) is 0 Å². The summed E-state index contributed by atoms with van der Waals surface area (Å²) < 4.78 is 59.3. The van der Waals surface area contributed by atoms with Crippen molar-refractivity contribution < 1.29 is 36.3 Å². The van der Waals surface area contributed by atoms with Crippen LogP contribution in [-0.4, -0.2) is 33.2 Å². The number of sulfone groups is 1. The van der Waals surface area contributed by atoms with Crippen LogP contribution in [0.25, 0.3) is 0 Å². The Morgan fingerprint density at radius 3 is 2.18 bits per heavy atom. The van der Waals surface area contributed by atoms with Crippen LogP contribution >= 0.6 is 0 Å². The number of esters is 1. The Hall–Kier alpha value is -3.79. The first-order valence-electron chi connectivity index (χ1n) is 9.97. The third-order valence-corrected chi connectivity index (χ3v) is 6.23. The lowest BCUT2D eigenvalue weighted by molar-refractivity contribution is -0.125. The van der Waals surface area contributed by atoms with Crippen LogP contribution in [0.5, 0.6) is 5.75 Å². The van der Waals surface area contributed by atoms with Gasteiger partial charge in [0.1, 0.15) is 5.75 Å². The van der Waals surface area contributed by atoms with Gasteiger partial charge in [-0.3, -0.25) is 4.79 Å². The van der Waals surface area contributed by atoms with Crippen molar-refractivity contribution in [3.63, 3.8) is 0 Å². The molecular formula is C24H21F2NO6S. The van der Waals surface area contributed by atoms with Crippen LogP contribution in [0.1, 0.15) is 27.6 Å². The molecular weight excluding hydrogens is 468 g/mol. The Kier molecular flexibility index (Phi) is 7.62. The van der Waals surface area contributed by atoms with E-state index in [9.17, 15) is 26.8 Å². The summed E-state index contributed by atoms with van der Waals surface area (Å²) in [6.45, 7) is 1.84. The highest BCUT2D eigenvalue weighted by Crippen LogP contribution is 2.28. The Morgan fingerprint density at radius 1 is 0.941 bits per heavy atom. The minimum Gasteiger partial charge on any atom is -0.495 e. The van der Waals surface area contributed by atoms with Crippen molar-refractivity contribution in [2.24, 2.45) is 0 Å². The van der Waals surface area contributed by atoms with Crippen molar-refractivity contribution in [3.05, 3.63) is 89.5 Å². The second kappa shape index (κ2) is 10.4. The van der Waals surface area contributed by atoms with E-state index in [-0.39, 0.29) is 5.56 Å². The molecule has 0 aliphatic carbocycles. The SMILES string of the molecule is COc1ccc(C)cc1NC(=O)[C@@H](OC(=O)c1ccc(S(=O)(=O)C(F)F)cc1)c1ccccc1. The van der Waals surface area contributed by atoms with E-state index in [1.165, 1.54) is 7.11 Å². The number of ether oxygens (including phenoxy) is 2. The van der Waals surface area contributed by atoms with Gasteiger partial charge >= 0.3 is 11.7 Å². The molecule has 0 aliphatic rings. The summed E-state index contributed by atoms with van der Waals surface area (Å²) in [7, 11) is -3.35. The van der Waals surface area contributed by atoms with Crippen LogP contribution in [-0.2, 0) is 19.4 Å². The van der Waals surface area contributed by atoms with E-state index in [1.54, 1.807) is 48.5 Å². The van der Waals surface area contributed by atoms with Gasteiger partial charge in [0.15, 0.2) is 0 Å². The Morgan fingerprint density at radius 2 is 1.59 bits per heavy atom. The number of carbonyl (C=O) groups excluding carboxylic acids is 2. The first-order chi connectivity index (χ1) is 16.1. The summed E-state index contributed by atoms with van der Waals surface area (Å²) in [6, 6.07) is 17.3. The second-order valence-electron chi connectivity index (χ2n) is 7.22. The topological polar surface area (TPSA) is 98.8 Å². The molecule has 0 saturated heterocycles. The van der Waals surface area contributed by atoms with Gasteiger partial charge in [-0.05, 0) is 48.9 Å². The van der Waals surface area contributed by atoms with Gasteiger partial charge < -0.3 is 14.8 Å². The molecule has 0 saturated carbocycles. The summed E-state index contributed by atoms with van der Waals surface area (Å²) in [6.07, 6.45) is -1.36. The molecule has 0 bridgehead atoms. The Labute approximate surface area is 195 Å². The number of anilines is 1. The van der Waals surface area contributed by atoms with Crippen LogP contribution in [0.4, 0.5) is 14.5 Å². The fourth-order valence-electron chi connectivity index (χ4n) is 3.08. The van der Waals surface area contributed by atoms with Crippen LogP contribution in [0.2, 0.25) is 0 Å². The number of alkyl halides is 2. The van der Waals surface area contributed by atoms with E-state index >= 15 is 0 Å². The largest absolute Gasteiger partial charge is 0.495 e. The molecule has 10 heteroatoms. The lowest BCUT2D eigenvalue weighted by Crippen LogP contribution is -2.26. The van der Waals surface area contributed by atoms with Crippen LogP contribution in [0, 0.1) is 6.92 Å². The quantitative estimate of drug-likeness (QED) is 0.467. The van der Waals surface area contributed by atoms with Gasteiger partial charge in [0.2, 0.25) is 15.9 Å². The number of amides is 1. The number of halogens is 2. The molecule has 0 aromatic heterocycles. The zero-order valence-corrected chi connectivity index (χ0v) is 19.0. The van der Waals surface area contributed by atoms with Crippen molar-refractivity contribution in [2.75, 3.05) is 12.4 Å². The van der Waals surface area contributed by atoms with E-state index in [1.807, 2.05) is 6.92 Å². The van der Waals surface area contributed by atoms with E-state index < -0.39 is 38.5 Å². The third-order valence-electron chi connectivity index (χ3n) is 4.83. The lowest BCUT2D eigenvalue weighted by Gasteiger charge is -2.19. The number of carbonyl (C=O) groups is 2. The number of rotatable bonds is 8. The van der Waals surface area contributed by atoms with Crippen molar-refractivity contribution in [3.8, 4) is 5.75 Å². The molecule has 0 heterocycles. The molecule has 0 spiro atoms. The van der Waals surface area contributed by atoms with Gasteiger partial charge in [-0.15, -0.1) is 0 Å². The summed E-state index contributed by atoms with van der Waals surface area (Å²) >= 11 is 0. The molecule has 0 radical (unpaired) electrons. The van der Waals surface area contributed by atoms with Crippen molar-refractivity contribution >= 4 is 27.4 Å². The zero-order chi connectivity index (χ0) is 24.9. The van der Waals surface area contributed by atoms with Gasteiger partial charge in [-0.2, -0.15) is 8.78 Å². The molecule has 7 nitrogen and oxygen atoms in total. The van der Waals surface area contributed by atoms with Crippen LogP contribution < -0.4 is 10.1 Å². The first kappa shape index (κ1) is 24.8. The number of nitrogens with one attached hydrogen (secondary N) is 1. The number of aryl methyl sites for hydroxylation is 1. The summed E-state index contributed by atoms with van der Waals surface area (Å²) in [4.78, 5) is 25.2. The highest BCUT2D eigenvalue weighted by atomic mass is 32.2. The maximum Gasteiger partial charge on any atom is 0.341 e. The van der Waals surface area contributed by atoms with E-state index in [0.29, 0.717) is 17.0 Å². The molecule has 0 unspecified atom stereocenters. The highest BCUT2D eigenvalue weighted by Gasteiger charge is 2.29. The maximum atomic E-state index is 13.1. The average molecular weight is 489 g/mol. The Bertz CT molecular complexity index is 1280.